The highest BCUT2D eigenvalue weighted by Gasteiger charge is 2.29. The number of aromatic nitrogens is 3. The summed E-state index contributed by atoms with van der Waals surface area (Å²) in [5.41, 5.74) is 2.00. The van der Waals surface area contributed by atoms with Crippen molar-refractivity contribution in [3.63, 3.8) is 0 Å². The third-order valence-corrected chi connectivity index (χ3v) is 6.62. The van der Waals surface area contributed by atoms with Gasteiger partial charge in [0.05, 0.1) is 22.7 Å². The number of amides is 1. The lowest BCUT2D eigenvalue weighted by molar-refractivity contribution is -0.120. The smallest absolute Gasteiger partial charge is 0.231 e. The van der Waals surface area contributed by atoms with E-state index < -0.39 is 0 Å². The first-order chi connectivity index (χ1) is 14.7. The third kappa shape index (κ3) is 4.09. The summed E-state index contributed by atoms with van der Waals surface area (Å²) in [5, 5.41) is 3.67. The van der Waals surface area contributed by atoms with Gasteiger partial charge in [-0.1, -0.05) is 11.3 Å². The molecule has 1 aliphatic heterocycles. The summed E-state index contributed by atoms with van der Waals surface area (Å²) in [6.45, 7) is 4.18. The number of nitrogens with one attached hydrogen (secondary N) is 1. The number of anilines is 2. The molecular formula is C22H25N5O2S. The molecule has 8 heteroatoms. The minimum absolute atomic E-state index is 0.0280. The second-order valence-electron chi connectivity index (χ2n) is 7.93. The van der Waals surface area contributed by atoms with E-state index in [4.69, 9.17) is 4.74 Å². The summed E-state index contributed by atoms with van der Waals surface area (Å²) < 4.78 is 6.57. The summed E-state index contributed by atoms with van der Waals surface area (Å²) in [7, 11) is 0. The quantitative estimate of drug-likeness (QED) is 0.639. The minimum atomic E-state index is -0.0795. The molecule has 1 N–H and O–H groups in total. The fraction of sp³-hybridized carbons (Fsp3) is 0.455. The Kier molecular flexibility index (Phi) is 5.25. The molecule has 1 atom stereocenters. The highest BCUT2D eigenvalue weighted by Crippen LogP contribution is 2.39. The molecule has 1 saturated heterocycles. The van der Waals surface area contributed by atoms with E-state index in [1.54, 1.807) is 6.33 Å². The standard InChI is InChI=1S/C22H25N5O2S/c1-2-29-16-7-8-17-19(10-16)30-22(25-17)26-21(28)15-4-3-9-27(12-15)20-11-18(14-5-6-14)23-13-24-20/h7-8,10-11,13-15H,2-6,9,12H2,1H3,(H,25,26,28)/t15-/m1/s1. The van der Waals surface area contributed by atoms with Crippen molar-refractivity contribution in [3.05, 3.63) is 36.3 Å². The van der Waals surface area contributed by atoms with Crippen molar-refractivity contribution in [1.29, 1.82) is 0 Å². The molecule has 3 aromatic rings. The number of piperidine rings is 1. The predicted octanol–water partition coefficient (Wildman–Crippen LogP) is 4.22. The number of benzene rings is 1. The molecule has 1 aliphatic carbocycles. The number of hydrogen-bond acceptors (Lipinski definition) is 7. The van der Waals surface area contributed by atoms with E-state index in [-0.39, 0.29) is 11.8 Å². The predicted molar refractivity (Wildman–Crippen MR) is 118 cm³/mol. The van der Waals surface area contributed by atoms with Gasteiger partial charge in [-0.15, -0.1) is 0 Å². The number of fused-ring (bicyclic) bond motifs is 1. The zero-order valence-corrected chi connectivity index (χ0v) is 17.8. The van der Waals surface area contributed by atoms with Crippen LogP contribution in [-0.2, 0) is 4.79 Å². The first kappa shape index (κ1) is 19.2. The van der Waals surface area contributed by atoms with Gasteiger partial charge >= 0.3 is 0 Å². The molecule has 1 saturated carbocycles. The Morgan fingerprint density at radius 3 is 3.00 bits per heavy atom. The van der Waals surface area contributed by atoms with Crippen LogP contribution in [-0.4, -0.2) is 40.6 Å². The molecule has 1 amide bonds. The van der Waals surface area contributed by atoms with Crippen LogP contribution in [0.1, 0.15) is 44.2 Å². The normalized spacial score (nSPS) is 19.1. The molecule has 2 fully saturated rings. The molecule has 3 heterocycles. The van der Waals surface area contributed by atoms with Crippen molar-refractivity contribution in [2.45, 2.75) is 38.5 Å². The lowest BCUT2D eigenvalue weighted by atomic mass is 9.97. The van der Waals surface area contributed by atoms with Crippen molar-refractivity contribution in [2.24, 2.45) is 5.92 Å². The monoisotopic (exact) mass is 423 g/mol. The van der Waals surface area contributed by atoms with E-state index in [0.29, 0.717) is 24.2 Å². The van der Waals surface area contributed by atoms with E-state index in [1.165, 1.54) is 24.2 Å². The third-order valence-electron chi connectivity index (χ3n) is 5.69. The van der Waals surface area contributed by atoms with Gasteiger partial charge in [-0.3, -0.25) is 4.79 Å². The maximum Gasteiger partial charge on any atom is 0.231 e. The van der Waals surface area contributed by atoms with Gasteiger partial charge in [0.1, 0.15) is 17.9 Å². The van der Waals surface area contributed by atoms with Gasteiger partial charge in [-0.25, -0.2) is 15.0 Å². The van der Waals surface area contributed by atoms with Crippen molar-refractivity contribution in [3.8, 4) is 5.75 Å². The van der Waals surface area contributed by atoms with E-state index in [2.05, 4.69) is 31.2 Å². The molecule has 0 radical (unpaired) electrons. The average molecular weight is 424 g/mol. The van der Waals surface area contributed by atoms with Crippen LogP contribution in [0, 0.1) is 5.92 Å². The number of carbonyl (C=O) groups is 1. The molecule has 2 aliphatic rings. The summed E-state index contributed by atoms with van der Waals surface area (Å²) in [6.07, 6.45) is 5.94. The number of ether oxygens (including phenoxy) is 1. The Hall–Kier alpha value is -2.74. The Morgan fingerprint density at radius 1 is 1.27 bits per heavy atom. The maximum atomic E-state index is 12.9. The maximum absolute atomic E-state index is 12.9. The minimum Gasteiger partial charge on any atom is -0.494 e. The van der Waals surface area contributed by atoms with Gasteiger partial charge in [0.2, 0.25) is 5.91 Å². The molecular weight excluding hydrogens is 398 g/mol. The molecule has 1 aromatic carbocycles. The Morgan fingerprint density at radius 2 is 2.17 bits per heavy atom. The molecule has 5 rings (SSSR count). The van der Waals surface area contributed by atoms with Gasteiger partial charge < -0.3 is 15.0 Å². The van der Waals surface area contributed by atoms with Crippen LogP contribution < -0.4 is 15.0 Å². The van der Waals surface area contributed by atoms with Crippen molar-refractivity contribution < 1.29 is 9.53 Å². The van der Waals surface area contributed by atoms with E-state index >= 15 is 0 Å². The summed E-state index contributed by atoms with van der Waals surface area (Å²) in [4.78, 5) is 28.6. The molecule has 30 heavy (non-hydrogen) atoms. The zero-order chi connectivity index (χ0) is 20.5. The van der Waals surface area contributed by atoms with Crippen LogP contribution in [0.4, 0.5) is 10.9 Å². The highest BCUT2D eigenvalue weighted by atomic mass is 32.1. The number of rotatable bonds is 6. The number of nitrogens with zero attached hydrogens (tertiary/aromatic N) is 4. The largest absolute Gasteiger partial charge is 0.494 e. The second kappa shape index (κ2) is 8.18. The van der Waals surface area contributed by atoms with E-state index in [9.17, 15) is 4.79 Å². The number of hydrogen-bond donors (Lipinski definition) is 1. The number of thiazole rings is 1. The molecule has 0 bridgehead atoms. The van der Waals surface area contributed by atoms with Gasteiger partial charge in [0.15, 0.2) is 5.13 Å². The summed E-state index contributed by atoms with van der Waals surface area (Å²) in [6, 6.07) is 7.91. The van der Waals surface area contributed by atoms with Crippen LogP contribution in [0.2, 0.25) is 0 Å². The Balaban J connectivity index is 1.26. The van der Waals surface area contributed by atoms with E-state index in [0.717, 1.165) is 46.9 Å². The second-order valence-corrected chi connectivity index (χ2v) is 8.96. The summed E-state index contributed by atoms with van der Waals surface area (Å²) >= 11 is 1.48. The van der Waals surface area contributed by atoms with Crippen LogP contribution >= 0.6 is 11.3 Å². The fourth-order valence-corrected chi connectivity index (χ4v) is 4.86. The van der Waals surface area contributed by atoms with Crippen LogP contribution in [0.5, 0.6) is 5.75 Å². The molecule has 0 unspecified atom stereocenters. The molecule has 0 spiro atoms. The lowest BCUT2D eigenvalue weighted by Crippen LogP contribution is -2.41. The molecule has 156 valence electrons. The average Bonchev–Trinajstić information content (AvgIpc) is 3.55. The molecule has 7 nitrogen and oxygen atoms in total. The topological polar surface area (TPSA) is 80.2 Å². The molecule has 2 aromatic heterocycles. The SMILES string of the molecule is CCOc1ccc2nc(NC(=O)[C@@H]3CCCN(c4cc(C5CC5)ncn4)C3)sc2c1. The summed E-state index contributed by atoms with van der Waals surface area (Å²) in [5.74, 6) is 2.31. The fourth-order valence-electron chi connectivity index (χ4n) is 3.96. The Bertz CT molecular complexity index is 1060. The van der Waals surface area contributed by atoms with E-state index in [1.807, 2.05) is 25.1 Å². The highest BCUT2D eigenvalue weighted by molar-refractivity contribution is 7.22. The van der Waals surface area contributed by atoms with Gasteiger partial charge in [0, 0.05) is 30.8 Å². The van der Waals surface area contributed by atoms with Crippen LogP contribution in [0.25, 0.3) is 10.2 Å². The van der Waals surface area contributed by atoms with Gasteiger partial charge in [-0.2, -0.15) is 0 Å². The van der Waals surface area contributed by atoms with Crippen molar-refractivity contribution in [2.75, 3.05) is 29.9 Å². The Labute approximate surface area is 179 Å². The first-order valence-corrected chi connectivity index (χ1v) is 11.4. The lowest BCUT2D eigenvalue weighted by Gasteiger charge is -2.32. The van der Waals surface area contributed by atoms with Crippen molar-refractivity contribution >= 4 is 38.4 Å². The van der Waals surface area contributed by atoms with Gasteiger partial charge in [-0.05, 0) is 50.8 Å². The van der Waals surface area contributed by atoms with Crippen LogP contribution in [0.15, 0.2) is 30.6 Å². The zero-order valence-electron chi connectivity index (χ0n) is 17.0. The first-order valence-electron chi connectivity index (χ1n) is 10.6. The van der Waals surface area contributed by atoms with Crippen LogP contribution in [0.3, 0.4) is 0 Å². The van der Waals surface area contributed by atoms with Gasteiger partial charge in [0.25, 0.3) is 0 Å². The number of carbonyl (C=O) groups excluding carboxylic acids is 1. The van der Waals surface area contributed by atoms with Crippen molar-refractivity contribution in [1.82, 2.24) is 15.0 Å².